The number of hydrogen-bond donors (Lipinski definition) is 1. The lowest BCUT2D eigenvalue weighted by molar-refractivity contribution is 0.686. The zero-order chi connectivity index (χ0) is 12.4. The quantitative estimate of drug-likeness (QED) is 0.851. The highest BCUT2D eigenvalue weighted by Crippen LogP contribution is 2.21. The molecule has 0 spiro atoms. The van der Waals surface area contributed by atoms with E-state index in [1.165, 1.54) is 0 Å². The molecule has 0 atom stereocenters. The largest absolute Gasteiger partial charge is 0.368 e. The fourth-order valence-corrected chi connectivity index (χ4v) is 1.78. The van der Waals surface area contributed by atoms with Crippen molar-refractivity contribution in [3.05, 3.63) is 11.6 Å². The monoisotopic (exact) mass is 253 g/mol. The number of hydrogen-bond acceptors (Lipinski definition) is 4. The summed E-state index contributed by atoms with van der Waals surface area (Å²) in [5.74, 6) is 1.30. The number of rotatable bonds is 4. The first-order chi connectivity index (χ1) is 8.11. The molecule has 92 valence electrons. The van der Waals surface area contributed by atoms with E-state index in [4.69, 9.17) is 11.6 Å². The van der Waals surface area contributed by atoms with Crippen LogP contribution in [0.15, 0.2) is 6.33 Å². The third-order valence-electron chi connectivity index (χ3n) is 2.46. The summed E-state index contributed by atoms with van der Waals surface area (Å²) in [4.78, 5) is 12.6. The average Bonchev–Trinajstić information content (AvgIpc) is 2.68. The molecule has 0 saturated heterocycles. The number of imidazole rings is 1. The first kappa shape index (κ1) is 12.1. The predicted molar refractivity (Wildman–Crippen MR) is 69.3 cm³/mol. The number of anilines is 1. The minimum Gasteiger partial charge on any atom is -0.368 e. The summed E-state index contributed by atoms with van der Waals surface area (Å²) in [6, 6.07) is 0. The third kappa shape index (κ3) is 2.49. The number of halogens is 1. The Bertz CT molecular complexity index is 520. The highest BCUT2D eigenvalue weighted by Gasteiger charge is 2.12. The zero-order valence-corrected chi connectivity index (χ0v) is 11.0. The van der Waals surface area contributed by atoms with Gasteiger partial charge in [-0.05, 0) is 24.4 Å². The van der Waals surface area contributed by atoms with Gasteiger partial charge in [0.25, 0.3) is 0 Å². The average molecular weight is 254 g/mol. The standard InChI is InChI=1S/C11H16ClN5/c1-4-17-6-14-10-8(17)9(13-5-7(2)3)15-11(12)16-10/h6-7H,4-5H2,1-3H3,(H,13,15,16). The van der Waals surface area contributed by atoms with Crippen LogP contribution < -0.4 is 5.32 Å². The molecule has 0 fully saturated rings. The Morgan fingerprint density at radius 3 is 2.82 bits per heavy atom. The van der Waals surface area contributed by atoms with E-state index in [1.807, 2.05) is 4.57 Å². The summed E-state index contributed by atoms with van der Waals surface area (Å²) >= 11 is 5.88. The van der Waals surface area contributed by atoms with Gasteiger partial charge in [0, 0.05) is 13.1 Å². The number of aromatic nitrogens is 4. The van der Waals surface area contributed by atoms with Gasteiger partial charge in [-0.15, -0.1) is 0 Å². The fourth-order valence-electron chi connectivity index (χ4n) is 1.62. The van der Waals surface area contributed by atoms with E-state index >= 15 is 0 Å². The molecule has 2 aromatic heterocycles. The molecular formula is C11H16ClN5. The van der Waals surface area contributed by atoms with Gasteiger partial charge in [0.05, 0.1) is 6.33 Å². The van der Waals surface area contributed by atoms with E-state index in [0.29, 0.717) is 11.6 Å². The molecule has 0 radical (unpaired) electrons. The molecule has 17 heavy (non-hydrogen) atoms. The van der Waals surface area contributed by atoms with E-state index in [0.717, 1.165) is 24.4 Å². The van der Waals surface area contributed by atoms with E-state index < -0.39 is 0 Å². The van der Waals surface area contributed by atoms with E-state index in [2.05, 4.69) is 41.0 Å². The second kappa shape index (κ2) is 4.87. The van der Waals surface area contributed by atoms with Gasteiger partial charge in [-0.1, -0.05) is 13.8 Å². The zero-order valence-electron chi connectivity index (χ0n) is 10.2. The van der Waals surface area contributed by atoms with Crippen molar-refractivity contribution in [2.75, 3.05) is 11.9 Å². The van der Waals surface area contributed by atoms with Gasteiger partial charge >= 0.3 is 0 Å². The maximum absolute atomic E-state index is 5.88. The highest BCUT2D eigenvalue weighted by molar-refractivity contribution is 6.28. The third-order valence-corrected chi connectivity index (χ3v) is 2.63. The summed E-state index contributed by atoms with van der Waals surface area (Å²) in [7, 11) is 0. The van der Waals surface area contributed by atoms with Crippen molar-refractivity contribution in [1.29, 1.82) is 0 Å². The lowest BCUT2D eigenvalue weighted by Crippen LogP contribution is -2.11. The van der Waals surface area contributed by atoms with Crippen LogP contribution in [0.2, 0.25) is 5.28 Å². The SMILES string of the molecule is CCn1cnc2nc(Cl)nc(NCC(C)C)c21. The Labute approximate surface area is 105 Å². The first-order valence-corrected chi connectivity index (χ1v) is 6.11. The molecule has 0 bridgehead atoms. The minimum atomic E-state index is 0.227. The fraction of sp³-hybridized carbons (Fsp3) is 0.545. The van der Waals surface area contributed by atoms with E-state index in [-0.39, 0.29) is 5.28 Å². The van der Waals surface area contributed by atoms with Crippen LogP contribution in [0.1, 0.15) is 20.8 Å². The molecule has 0 aliphatic carbocycles. The van der Waals surface area contributed by atoms with Crippen LogP contribution in [-0.4, -0.2) is 26.1 Å². The maximum atomic E-state index is 5.88. The molecule has 2 aromatic rings. The number of aryl methyl sites for hydroxylation is 1. The van der Waals surface area contributed by atoms with Gasteiger partial charge in [-0.25, -0.2) is 4.98 Å². The molecule has 2 heterocycles. The van der Waals surface area contributed by atoms with Gasteiger partial charge in [0.2, 0.25) is 5.28 Å². The van der Waals surface area contributed by atoms with E-state index in [9.17, 15) is 0 Å². The Kier molecular flexibility index (Phi) is 3.47. The first-order valence-electron chi connectivity index (χ1n) is 5.74. The second-order valence-corrected chi connectivity index (χ2v) is 4.66. The molecule has 1 N–H and O–H groups in total. The molecule has 5 nitrogen and oxygen atoms in total. The number of fused-ring (bicyclic) bond motifs is 1. The molecular weight excluding hydrogens is 238 g/mol. The van der Waals surface area contributed by atoms with Gasteiger partial charge in [0.15, 0.2) is 11.5 Å². The molecule has 0 aliphatic rings. The summed E-state index contributed by atoms with van der Waals surface area (Å²) in [6.45, 7) is 8.02. The Morgan fingerprint density at radius 1 is 1.41 bits per heavy atom. The Balaban J connectivity index is 2.46. The maximum Gasteiger partial charge on any atom is 0.226 e. The lowest BCUT2D eigenvalue weighted by Gasteiger charge is -2.10. The summed E-state index contributed by atoms with van der Waals surface area (Å²) in [5.41, 5.74) is 1.55. The van der Waals surface area contributed by atoms with Crippen LogP contribution in [0.4, 0.5) is 5.82 Å². The smallest absolute Gasteiger partial charge is 0.226 e. The van der Waals surface area contributed by atoms with Crippen molar-refractivity contribution in [1.82, 2.24) is 19.5 Å². The van der Waals surface area contributed by atoms with Gasteiger partial charge in [-0.2, -0.15) is 9.97 Å². The van der Waals surface area contributed by atoms with E-state index in [1.54, 1.807) is 6.33 Å². The lowest BCUT2D eigenvalue weighted by atomic mass is 10.2. The molecule has 6 heteroatoms. The molecule has 0 unspecified atom stereocenters. The van der Waals surface area contributed by atoms with Crippen molar-refractivity contribution >= 4 is 28.6 Å². The van der Waals surface area contributed by atoms with Crippen molar-refractivity contribution in [2.45, 2.75) is 27.3 Å². The topological polar surface area (TPSA) is 55.6 Å². The van der Waals surface area contributed by atoms with Gasteiger partial charge < -0.3 is 9.88 Å². The Morgan fingerprint density at radius 2 is 2.18 bits per heavy atom. The summed E-state index contributed by atoms with van der Waals surface area (Å²) in [6.07, 6.45) is 1.76. The van der Waals surface area contributed by atoms with Crippen molar-refractivity contribution in [2.24, 2.45) is 5.92 Å². The predicted octanol–water partition coefficient (Wildman–Crippen LogP) is 2.57. The number of nitrogens with zero attached hydrogens (tertiary/aromatic N) is 4. The minimum absolute atomic E-state index is 0.227. The van der Waals surface area contributed by atoms with Crippen LogP contribution >= 0.6 is 11.6 Å². The number of nitrogens with one attached hydrogen (secondary N) is 1. The van der Waals surface area contributed by atoms with Crippen LogP contribution in [-0.2, 0) is 6.54 Å². The molecule has 0 amide bonds. The van der Waals surface area contributed by atoms with Gasteiger partial charge in [0.1, 0.15) is 5.52 Å². The second-order valence-electron chi connectivity index (χ2n) is 4.32. The molecule has 2 rings (SSSR count). The van der Waals surface area contributed by atoms with Crippen LogP contribution in [0.3, 0.4) is 0 Å². The van der Waals surface area contributed by atoms with Crippen molar-refractivity contribution in [3.63, 3.8) is 0 Å². The van der Waals surface area contributed by atoms with Crippen molar-refractivity contribution in [3.8, 4) is 0 Å². The van der Waals surface area contributed by atoms with Crippen LogP contribution in [0.25, 0.3) is 11.2 Å². The van der Waals surface area contributed by atoms with Crippen LogP contribution in [0.5, 0.6) is 0 Å². The van der Waals surface area contributed by atoms with Crippen LogP contribution in [0, 0.1) is 5.92 Å². The normalized spacial score (nSPS) is 11.4. The van der Waals surface area contributed by atoms with Gasteiger partial charge in [-0.3, -0.25) is 0 Å². The summed E-state index contributed by atoms with van der Waals surface area (Å²) < 4.78 is 2.01. The highest BCUT2D eigenvalue weighted by atomic mass is 35.5. The summed E-state index contributed by atoms with van der Waals surface area (Å²) in [5, 5.41) is 3.52. The Hall–Kier alpha value is -1.36. The molecule has 0 aliphatic heterocycles. The molecule has 0 aromatic carbocycles. The van der Waals surface area contributed by atoms with Crippen molar-refractivity contribution < 1.29 is 0 Å². The molecule has 0 saturated carbocycles.